The first kappa shape index (κ1) is 13.1. The first-order valence-electron chi connectivity index (χ1n) is 6.34. The van der Waals surface area contributed by atoms with E-state index in [4.69, 9.17) is 5.73 Å². The lowest BCUT2D eigenvalue weighted by Crippen LogP contribution is -2.56. The molecule has 5 N–H and O–H groups in total. The molecule has 0 radical (unpaired) electrons. The Bertz CT molecular complexity index is 332. The van der Waals surface area contributed by atoms with E-state index in [0.29, 0.717) is 13.1 Å². The normalized spacial score (nSPS) is 23.2. The number of aliphatic hydroxyl groups excluding tert-OH is 1. The molecule has 0 aromatic heterocycles. The van der Waals surface area contributed by atoms with Gasteiger partial charge >= 0.3 is 6.03 Å². The molecule has 0 bridgehead atoms. The van der Waals surface area contributed by atoms with Crippen LogP contribution in [0, 0.1) is 0 Å². The van der Waals surface area contributed by atoms with Crippen molar-refractivity contribution in [2.24, 2.45) is 5.73 Å². The summed E-state index contributed by atoms with van der Waals surface area (Å²) in [5.74, 6) is -0.442. The average Bonchev–Trinajstić information content (AvgIpc) is 3.15. The third kappa shape index (κ3) is 3.33. The number of nitrogens with two attached hydrogens (primary N) is 1. The molecule has 1 unspecified atom stereocenters. The molecule has 7 heteroatoms. The van der Waals surface area contributed by atoms with E-state index in [0.717, 1.165) is 19.3 Å². The Balaban J connectivity index is 1.79. The SMILES string of the molecule is N[C@@H](CN1CCCNC1=O)C(O)C(=O)NC1CC1. The average molecular weight is 256 g/mol. The van der Waals surface area contributed by atoms with Gasteiger partial charge in [-0.3, -0.25) is 4.79 Å². The zero-order chi connectivity index (χ0) is 13.1. The Morgan fingerprint density at radius 3 is 2.94 bits per heavy atom. The Labute approximate surface area is 106 Å². The van der Waals surface area contributed by atoms with Gasteiger partial charge in [-0.15, -0.1) is 0 Å². The summed E-state index contributed by atoms with van der Waals surface area (Å²) in [4.78, 5) is 24.6. The lowest BCUT2D eigenvalue weighted by Gasteiger charge is -2.30. The first-order chi connectivity index (χ1) is 8.58. The molecule has 18 heavy (non-hydrogen) atoms. The number of nitrogens with one attached hydrogen (secondary N) is 2. The van der Waals surface area contributed by atoms with Crippen LogP contribution in [0.2, 0.25) is 0 Å². The van der Waals surface area contributed by atoms with Gasteiger partial charge in [0.15, 0.2) is 0 Å². The number of carbonyl (C=O) groups is 2. The summed E-state index contributed by atoms with van der Waals surface area (Å²) in [5.41, 5.74) is 5.77. The fourth-order valence-electron chi connectivity index (χ4n) is 1.92. The van der Waals surface area contributed by atoms with E-state index in [-0.39, 0.29) is 18.6 Å². The maximum atomic E-state index is 11.6. The van der Waals surface area contributed by atoms with Crippen molar-refractivity contribution in [3.63, 3.8) is 0 Å². The molecule has 102 valence electrons. The van der Waals surface area contributed by atoms with E-state index < -0.39 is 18.1 Å². The fraction of sp³-hybridized carbons (Fsp3) is 0.818. The minimum absolute atomic E-state index is 0.186. The van der Waals surface area contributed by atoms with Crippen LogP contribution < -0.4 is 16.4 Å². The molecule has 3 amide bonds. The van der Waals surface area contributed by atoms with Gasteiger partial charge in [-0.05, 0) is 19.3 Å². The largest absolute Gasteiger partial charge is 0.382 e. The van der Waals surface area contributed by atoms with Gasteiger partial charge in [-0.1, -0.05) is 0 Å². The summed E-state index contributed by atoms with van der Waals surface area (Å²) in [5, 5.41) is 15.2. The van der Waals surface area contributed by atoms with Crippen LogP contribution in [0.5, 0.6) is 0 Å². The molecule has 2 atom stereocenters. The molecule has 0 spiro atoms. The molecule has 1 saturated carbocycles. The first-order valence-corrected chi connectivity index (χ1v) is 6.34. The highest BCUT2D eigenvalue weighted by Gasteiger charge is 2.31. The van der Waals surface area contributed by atoms with Crippen LogP contribution in [-0.2, 0) is 4.79 Å². The predicted octanol–water partition coefficient (Wildman–Crippen LogP) is -1.63. The minimum atomic E-state index is -1.26. The predicted molar refractivity (Wildman–Crippen MR) is 64.7 cm³/mol. The van der Waals surface area contributed by atoms with E-state index in [1.807, 2.05) is 0 Å². The quantitative estimate of drug-likeness (QED) is 0.473. The van der Waals surface area contributed by atoms with Gasteiger partial charge in [0.05, 0.1) is 6.04 Å². The summed E-state index contributed by atoms with van der Waals surface area (Å²) in [7, 11) is 0. The highest BCUT2D eigenvalue weighted by Crippen LogP contribution is 2.18. The molecular weight excluding hydrogens is 236 g/mol. The van der Waals surface area contributed by atoms with Gasteiger partial charge in [-0.25, -0.2) is 4.79 Å². The van der Waals surface area contributed by atoms with E-state index in [1.165, 1.54) is 4.90 Å². The molecule has 0 aromatic carbocycles. The number of hydrogen-bond donors (Lipinski definition) is 4. The molecule has 2 aliphatic rings. The zero-order valence-electron chi connectivity index (χ0n) is 10.3. The summed E-state index contributed by atoms with van der Waals surface area (Å²) in [6.45, 7) is 1.46. The second-order valence-electron chi connectivity index (χ2n) is 4.92. The lowest BCUT2D eigenvalue weighted by molar-refractivity contribution is -0.130. The van der Waals surface area contributed by atoms with E-state index in [1.54, 1.807) is 0 Å². The molecule has 2 fully saturated rings. The van der Waals surface area contributed by atoms with Gasteiger partial charge < -0.3 is 26.4 Å². The number of amides is 3. The number of aliphatic hydroxyl groups is 1. The molecule has 0 aromatic rings. The fourth-order valence-corrected chi connectivity index (χ4v) is 1.92. The van der Waals surface area contributed by atoms with Gasteiger partial charge in [0.2, 0.25) is 0 Å². The smallest absolute Gasteiger partial charge is 0.317 e. The summed E-state index contributed by atoms with van der Waals surface area (Å²) >= 11 is 0. The monoisotopic (exact) mass is 256 g/mol. The standard InChI is InChI=1S/C11H20N4O3/c12-8(6-15-5-1-4-13-11(15)18)9(16)10(17)14-7-2-3-7/h7-9,16H,1-6,12H2,(H,13,18)(H,14,17)/t8-,9?/m0/s1. The van der Waals surface area contributed by atoms with Crippen molar-refractivity contribution in [3.8, 4) is 0 Å². The second kappa shape index (κ2) is 5.53. The second-order valence-corrected chi connectivity index (χ2v) is 4.92. The van der Waals surface area contributed by atoms with Crippen molar-refractivity contribution < 1.29 is 14.7 Å². The molecule has 7 nitrogen and oxygen atoms in total. The molecule has 1 saturated heterocycles. The van der Waals surface area contributed by atoms with Gasteiger partial charge in [0, 0.05) is 25.7 Å². The Morgan fingerprint density at radius 1 is 1.61 bits per heavy atom. The van der Waals surface area contributed by atoms with Gasteiger partial charge in [0.1, 0.15) is 6.10 Å². The van der Waals surface area contributed by atoms with Crippen LogP contribution in [0.25, 0.3) is 0 Å². The molecule has 2 rings (SSSR count). The number of nitrogens with zero attached hydrogens (tertiary/aromatic N) is 1. The van der Waals surface area contributed by atoms with Crippen molar-refractivity contribution in [2.45, 2.75) is 37.5 Å². The van der Waals surface area contributed by atoms with Crippen molar-refractivity contribution in [1.29, 1.82) is 0 Å². The van der Waals surface area contributed by atoms with Crippen LogP contribution in [0.4, 0.5) is 4.79 Å². The topological polar surface area (TPSA) is 108 Å². The molecule has 1 aliphatic carbocycles. The van der Waals surface area contributed by atoms with Gasteiger partial charge in [0.25, 0.3) is 5.91 Å². The summed E-state index contributed by atoms with van der Waals surface area (Å²) in [6.07, 6.45) is 1.51. The number of rotatable bonds is 5. The number of carbonyl (C=O) groups excluding carboxylic acids is 2. The van der Waals surface area contributed by atoms with Crippen LogP contribution >= 0.6 is 0 Å². The van der Waals surface area contributed by atoms with Crippen molar-refractivity contribution in [3.05, 3.63) is 0 Å². The Kier molecular flexibility index (Phi) is 4.03. The van der Waals surface area contributed by atoms with Crippen molar-refractivity contribution in [2.75, 3.05) is 19.6 Å². The van der Waals surface area contributed by atoms with Crippen molar-refractivity contribution >= 4 is 11.9 Å². The van der Waals surface area contributed by atoms with E-state index in [9.17, 15) is 14.7 Å². The Morgan fingerprint density at radius 2 is 2.33 bits per heavy atom. The molecule has 1 aliphatic heterocycles. The summed E-state index contributed by atoms with van der Waals surface area (Å²) in [6, 6.07) is -0.753. The van der Waals surface area contributed by atoms with Crippen LogP contribution in [-0.4, -0.2) is 59.8 Å². The van der Waals surface area contributed by atoms with Crippen LogP contribution in [0.1, 0.15) is 19.3 Å². The third-order valence-electron chi connectivity index (χ3n) is 3.20. The molecular formula is C11H20N4O3. The van der Waals surface area contributed by atoms with Crippen molar-refractivity contribution in [1.82, 2.24) is 15.5 Å². The Hall–Kier alpha value is -1.34. The van der Waals surface area contributed by atoms with E-state index >= 15 is 0 Å². The third-order valence-corrected chi connectivity index (χ3v) is 3.20. The van der Waals surface area contributed by atoms with E-state index in [2.05, 4.69) is 10.6 Å². The zero-order valence-corrected chi connectivity index (χ0v) is 10.3. The van der Waals surface area contributed by atoms with Gasteiger partial charge in [-0.2, -0.15) is 0 Å². The van der Waals surface area contributed by atoms with Crippen LogP contribution in [0.15, 0.2) is 0 Å². The number of hydrogen-bond acceptors (Lipinski definition) is 4. The summed E-state index contributed by atoms with van der Waals surface area (Å²) < 4.78 is 0. The highest BCUT2D eigenvalue weighted by molar-refractivity contribution is 5.82. The lowest BCUT2D eigenvalue weighted by atomic mass is 10.1. The highest BCUT2D eigenvalue weighted by atomic mass is 16.3. The minimum Gasteiger partial charge on any atom is -0.382 e. The number of urea groups is 1. The molecule has 1 heterocycles. The van der Waals surface area contributed by atoms with Crippen LogP contribution in [0.3, 0.4) is 0 Å². The maximum Gasteiger partial charge on any atom is 0.317 e. The maximum absolute atomic E-state index is 11.6.